The molecule has 0 aliphatic rings. The van der Waals surface area contributed by atoms with Crippen molar-refractivity contribution in [3.8, 4) is 0 Å². The molecule has 1 aromatic rings. The number of carbonyl (C=O) groups excluding carboxylic acids is 1. The number of carbonyl (C=O) groups is 1. The standard InChI is InChI=1S/C11H19N3O2/c1-9(2)16-11(15)8-12-6-4-10-5-7-13-14(10)3/h5,7,9,12H,4,6,8H2,1-3H3. The fourth-order valence-electron chi connectivity index (χ4n) is 1.36. The van der Waals surface area contributed by atoms with Gasteiger partial charge in [0.05, 0.1) is 12.6 Å². The van der Waals surface area contributed by atoms with Crippen molar-refractivity contribution in [2.24, 2.45) is 7.05 Å². The molecule has 0 unspecified atom stereocenters. The zero-order chi connectivity index (χ0) is 12.0. The first-order valence-electron chi connectivity index (χ1n) is 5.46. The van der Waals surface area contributed by atoms with Crippen LogP contribution in [0.3, 0.4) is 0 Å². The number of hydrogen-bond acceptors (Lipinski definition) is 4. The minimum absolute atomic E-state index is 0.0497. The van der Waals surface area contributed by atoms with Crippen LogP contribution in [0.5, 0.6) is 0 Å². The molecule has 0 saturated carbocycles. The average Bonchev–Trinajstić information content (AvgIpc) is 2.58. The van der Waals surface area contributed by atoms with Gasteiger partial charge in [0.15, 0.2) is 0 Å². The van der Waals surface area contributed by atoms with Crippen molar-refractivity contribution in [1.82, 2.24) is 15.1 Å². The summed E-state index contributed by atoms with van der Waals surface area (Å²) in [5.74, 6) is -0.208. The number of aromatic nitrogens is 2. The Balaban J connectivity index is 2.13. The fourth-order valence-corrected chi connectivity index (χ4v) is 1.36. The van der Waals surface area contributed by atoms with Crippen molar-refractivity contribution in [2.75, 3.05) is 13.1 Å². The largest absolute Gasteiger partial charge is 0.462 e. The Hall–Kier alpha value is -1.36. The Morgan fingerprint density at radius 1 is 1.62 bits per heavy atom. The van der Waals surface area contributed by atoms with Crippen molar-refractivity contribution >= 4 is 5.97 Å². The number of rotatable bonds is 6. The average molecular weight is 225 g/mol. The summed E-state index contributed by atoms with van der Waals surface area (Å²) in [6.45, 7) is 4.68. The van der Waals surface area contributed by atoms with Crippen LogP contribution in [0.4, 0.5) is 0 Å². The van der Waals surface area contributed by atoms with Crippen LogP contribution in [-0.4, -0.2) is 34.9 Å². The van der Waals surface area contributed by atoms with E-state index in [0.717, 1.165) is 18.7 Å². The zero-order valence-corrected chi connectivity index (χ0v) is 10.1. The molecule has 1 aromatic heterocycles. The van der Waals surface area contributed by atoms with Crippen LogP contribution in [0.1, 0.15) is 19.5 Å². The molecule has 5 heteroatoms. The molecule has 0 atom stereocenters. The number of nitrogens with zero attached hydrogens (tertiary/aromatic N) is 2. The summed E-state index contributed by atoms with van der Waals surface area (Å²) in [6, 6.07) is 1.97. The lowest BCUT2D eigenvalue weighted by Gasteiger charge is -2.08. The molecule has 0 amide bonds. The topological polar surface area (TPSA) is 56.1 Å². The molecule has 0 aromatic carbocycles. The summed E-state index contributed by atoms with van der Waals surface area (Å²) in [5, 5.41) is 7.11. The Kier molecular flexibility index (Phi) is 4.98. The van der Waals surface area contributed by atoms with E-state index in [9.17, 15) is 4.79 Å². The van der Waals surface area contributed by atoms with Crippen LogP contribution >= 0.6 is 0 Å². The van der Waals surface area contributed by atoms with E-state index in [1.165, 1.54) is 0 Å². The van der Waals surface area contributed by atoms with E-state index >= 15 is 0 Å². The number of esters is 1. The van der Waals surface area contributed by atoms with Gasteiger partial charge in [-0.25, -0.2) is 0 Å². The third-order valence-corrected chi connectivity index (χ3v) is 2.12. The van der Waals surface area contributed by atoms with E-state index < -0.39 is 0 Å². The Labute approximate surface area is 95.8 Å². The van der Waals surface area contributed by atoms with Crippen LogP contribution in [0.15, 0.2) is 12.3 Å². The predicted octanol–water partition coefficient (Wildman–Crippen LogP) is 0.504. The summed E-state index contributed by atoms with van der Waals surface area (Å²) >= 11 is 0. The Bertz CT molecular complexity index is 334. The van der Waals surface area contributed by atoms with E-state index in [1.54, 1.807) is 6.20 Å². The summed E-state index contributed by atoms with van der Waals surface area (Å²) in [5.41, 5.74) is 1.14. The van der Waals surface area contributed by atoms with Gasteiger partial charge in [-0.1, -0.05) is 0 Å². The van der Waals surface area contributed by atoms with Gasteiger partial charge in [0.1, 0.15) is 0 Å². The molecule has 16 heavy (non-hydrogen) atoms. The highest BCUT2D eigenvalue weighted by molar-refractivity contribution is 5.71. The maximum Gasteiger partial charge on any atom is 0.320 e. The predicted molar refractivity (Wildman–Crippen MR) is 61.0 cm³/mol. The van der Waals surface area contributed by atoms with Gasteiger partial charge in [0.2, 0.25) is 0 Å². The maximum atomic E-state index is 11.2. The highest BCUT2D eigenvalue weighted by atomic mass is 16.5. The minimum Gasteiger partial charge on any atom is -0.462 e. The van der Waals surface area contributed by atoms with Gasteiger partial charge in [-0.3, -0.25) is 9.48 Å². The van der Waals surface area contributed by atoms with Gasteiger partial charge in [-0.15, -0.1) is 0 Å². The van der Waals surface area contributed by atoms with Gasteiger partial charge in [-0.05, 0) is 19.9 Å². The molecule has 5 nitrogen and oxygen atoms in total. The summed E-state index contributed by atoms with van der Waals surface area (Å²) in [4.78, 5) is 11.2. The molecule has 0 bridgehead atoms. The second-order valence-electron chi connectivity index (χ2n) is 3.91. The van der Waals surface area contributed by atoms with Crippen LogP contribution in [0.2, 0.25) is 0 Å². The highest BCUT2D eigenvalue weighted by Crippen LogP contribution is 1.96. The minimum atomic E-state index is -0.208. The highest BCUT2D eigenvalue weighted by Gasteiger charge is 2.04. The van der Waals surface area contributed by atoms with E-state index in [4.69, 9.17) is 4.74 Å². The number of hydrogen-bond donors (Lipinski definition) is 1. The molecule has 0 radical (unpaired) electrons. The number of aryl methyl sites for hydroxylation is 1. The fraction of sp³-hybridized carbons (Fsp3) is 0.636. The smallest absolute Gasteiger partial charge is 0.320 e. The molecule has 1 rings (SSSR count). The normalized spacial score (nSPS) is 10.8. The molecule has 0 fully saturated rings. The van der Waals surface area contributed by atoms with Crippen LogP contribution in [0, 0.1) is 0 Å². The monoisotopic (exact) mass is 225 g/mol. The van der Waals surface area contributed by atoms with Gasteiger partial charge in [-0.2, -0.15) is 5.10 Å². The van der Waals surface area contributed by atoms with E-state index in [0.29, 0.717) is 0 Å². The summed E-state index contributed by atoms with van der Waals surface area (Å²) in [6.07, 6.45) is 2.57. The second-order valence-corrected chi connectivity index (χ2v) is 3.91. The molecule has 0 aliphatic heterocycles. The molecule has 90 valence electrons. The van der Waals surface area contributed by atoms with Crippen LogP contribution in [-0.2, 0) is 23.0 Å². The zero-order valence-electron chi connectivity index (χ0n) is 10.1. The molecule has 0 saturated heterocycles. The molecular weight excluding hydrogens is 206 g/mol. The third kappa shape index (κ3) is 4.44. The lowest BCUT2D eigenvalue weighted by atomic mass is 10.3. The van der Waals surface area contributed by atoms with Crippen molar-refractivity contribution in [3.05, 3.63) is 18.0 Å². The second kappa shape index (κ2) is 6.27. The van der Waals surface area contributed by atoms with Crippen molar-refractivity contribution in [1.29, 1.82) is 0 Å². The number of ether oxygens (including phenoxy) is 1. The van der Waals surface area contributed by atoms with Gasteiger partial charge in [0, 0.05) is 31.9 Å². The van der Waals surface area contributed by atoms with Crippen molar-refractivity contribution < 1.29 is 9.53 Å². The van der Waals surface area contributed by atoms with Crippen LogP contribution < -0.4 is 5.32 Å². The van der Waals surface area contributed by atoms with Gasteiger partial charge in [0.25, 0.3) is 0 Å². The SMILES string of the molecule is CC(C)OC(=O)CNCCc1ccnn1C. The Morgan fingerprint density at radius 3 is 2.94 bits per heavy atom. The molecule has 0 spiro atoms. The van der Waals surface area contributed by atoms with Gasteiger partial charge < -0.3 is 10.1 Å². The van der Waals surface area contributed by atoms with Crippen LogP contribution in [0.25, 0.3) is 0 Å². The van der Waals surface area contributed by atoms with E-state index in [2.05, 4.69) is 10.4 Å². The van der Waals surface area contributed by atoms with Crippen molar-refractivity contribution in [3.63, 3.8) is 0 Å². The third-order valence-electron chi connectivity index (χ3n) is 2.12. The lowest BCUT2D eigenvalue weighted by molar-refractivity contribution is -0.146. The molecule has 0 aliphatic carbocycles. The summed E-state index contributed by atoms with van der Waals surface area (Å²) < 4.78 is 6.82. The van der Waals surface area contributed by atoms with E-state index in [-0.39, 0.29) is 18.6 Å². The lowest BCUT2D eigenvalue weighted by Crippen LogP contribution is -2.28. The van der Waals surface area contributed by atoms with Crippen molar-refractivity contribution in [2.45, 2.75) is 26.4 Å². The Morgan fingerprint density at radius 2 is 2.38 bits per heavy atom. The molecule has 1 heterocycles. The quantitative estimate of drug-likeness (QED) is 0.566. The maximum absolute atomic E-state index is 11.2. The first-order chi connectivity index (χ1) is 7.59. The molecular formula is C11H19N3O2. The summed E-state index contributed by atoms with van der Waals surface area (Å²) in [7, 11) is 1.91. The first-order valence-corrected chi connectivity index (χ1v) is 5.46. The van der Waals surface area contributed by atoms with E-state index in [1.807, 2.05) is 31.6 Å². The molecule has 1 N–H and O–H groups in total. The first kappa shape index (κ1) is 12.7. The van der Waals surface area contributed by atoms with Gasteiger partial charge >= 0.3 is 5.97 Å². The number of nitrogens with one attached hydrogen (secondary N) is 1.